The Morgan fingerprint density at radius 1 is 0.409 bits per heavy atom. The van der Waals surface area contributed by atoms with Crippen molar-refractivity contribution in [2.75, 3.05) is 26.4 Å². The van der Waals surface area contributed by atoms with Gasteiger partial charge < -0.3 is 18.9 Å². The van der Waals surface area contributed by atoms with Crippen LogP contribution in [0.15, 0.2) is 109 Å². The highest BCUT2D eigenvalue weighted by Gasteiger charge is 2.14. The van der Waals surface area contributed by atoms with Gasteiger partial charge in [-0.2, -0.15) is 10.5 Å². The molecule has 0 aromatic heterocycles. The number of allylic oxidation sites excluding steroid dienone is 2. The summed E-state index contributed by atoms with van der Waals surface area (Å²) in [6, 6.07) is 41.0. The maximum absolute atomic E-state index is 10.6. The smallest absolute Gasteiger partial charge is 0.127 e. The summed E-state index contributed by atoms with van der Waals surface area (Å²) in [5, 5.41) is 21.1. The van der Waals surface area contributed by atoms with Crippen LogP contribution < -0.4 is 18.9 Å². The average molecular weight is 881 g/mol. The molecule has 0 bridgehead atoms. The molecule has 0 fully saturated rings. The zero-order chi connectivity index (χ0) is 46.6. The molecule has 0 amide bonds. The van der Waals surface area contributed by atoms with Gasteiger partial charge in [0.1, 0.15) is 23.0 Å². The van der Waals surface area contributed by atoms with E-state index in [0.717, 1.165) is 81.7 Å². The Morgan fingerprint density at radius 3 is 1.05 bits per heavy atom. The third kappa shape index (κ3) is 17.0. The molecule has 0 saturated heterocycles. The molecule has 0 heterocycles. The number of rotatable bonds is 28. The molecule has 342 valence electrons. The molecule has 6 heteroatoms. The molecule has 0 spiro atoms. The highest BCUT2D eigenvalue weighted by atomic mass is 16.5. The minimum absolute atomic E-state index is 0.515. The van der Waals surface area contributed by atoms with E-state index in [2.05, 4.69) is 50.3 Å². The predicted octanol–water partition coefficient (Wildman–Crippen LogP) is 16.4. The number of ether oxygens (including phenoxy) is 4. The van der Waals surface area contributed by atoms with Gasteiger partial charge in [-0.15, -0.1) is 0 Å². The molecular formula is C60H68N2O4. The lowest BCUT2D eigenvalue weighted by atomic mass is 9.98. The summed E-state index contributed by atoms with van der Waals surface area (Å²) in [5.74, 6) is 3.01. The molecule has 0 atom stereocenters. The van der Waals surface area contributed by atoms with Crippen LogP contribution >= 0.6 is 0 Å². The second-order valence-electron chi connectivity index (χ2n) is 16.4. The third-order valence-electron chi connectivity index (χ3n) is 11.3. The Hall–Kier alpha value is -6.76. The quantitative estimate of drug-likeness (QED) is 0.0283. The number of unbranched alkanes of at least 4 members (excludes halogenated alkanes) is 10. The fraction of sp³-hybridized carbons (Fsp3) is 0.333. The highest BCUT2D eigenvalue weighted by Crippen LogP contribution is 2.35. The second-order valence-corrected chi connectivity index (χ2v) is 16.4. The van der Waals surface area contributed by atoms with E-state index in [0.29, 0.717) is 49.1 Å². The Balaban J connectivity index is 1.46. The first-order valence-corrected chi connectivity index (χ1v) is 24.2. The first-order chi connectivity index (χ1) is 32.5. The molecule has 0 aliphatic heterocycles. The molecule has 0 N–H and O–H groups in total. The van der Waals surface area contributed by atoms with E-state index in [1.807, 2.05) is 135 Å². The maximum Gasteiger partial charge on any atom is 0.127 e. The van der Waals surface area contributed by atoms with Gasteiger partial charge in [0.25, 0.3) is 0 Å². The second kappa shape index (κ2) is 28.9. The SMILES string of the molecule is CCCCCCCCOc1cc(/C=C(\C#N)c2ccc(/C=C/c3ccc(OCC)cc3)cc2)c(OCCCCCCCC)cc1/C=C(\C#N)c1ccc(/C=C/c2ccc(OCC)cc2)cc1. The van der Waals surface area contributed by atoms with Crippen LogP contribution in [0.25, 0.3) is 47.6 Å². The van der Waals surface area contributed by atoms with E-state index in [-0.39, 0.29) is 0 Å². The zero-order valence-electron chi connectivity index (χ0n) is 39.7. The van der Waals surface area contributed by atoms with Gasteiger partial charge in [0.05, 0.1) is 49.7 Å². The van der Waals surface area contributed by atoms with E-state index in [1.54, 1.807) is 0 Å². The van der Waals surface area contributed by atoms with Crippen LogP contribution in [0.2, 0.25) is 0 Å². The van der Waals surface area contributed by atoms with Crippen molar-refractivity contribution in [3.63, 3.8) is 0 Å². The standard InChI is InChI=1S/C60H68N2O4/c1-5-9-11-13-15-17-39-65-59-43-54(42-56(46-62)52-33-25-48(26-34-52)20-22-50-29-37-58(38-30-50)64-8-4)60(66-40-18-16-14-12-10-6-2)44-53(59)41-55(45-61)51-31-23-47(24-32-51)19-21-49-27-35-57(36-28-49)63-7-3/h19-38,41-44H,5-18,39-40H2,1-4H3/b21-19+,22-20+,55-41+,56-42+. The first-order valence-electron chi connectivity index (χ1n) is 24.2. The first kappa shape index (κ1) is 50.2. The lowest BCUT2D eigenvalue weighted by Crippen LogP contribution is -2.03. The number of hydrogen-bond donors (Lipinski definition) is 0. The molecule has 0 unspecified atom stereocenters. The summed E-state index contributed by atoms with van der Waals surface area (Å²) < 4.78 is 24.3. The van der Waals surface area contributed by atoms with Gasteiger partial charge in [0.2, 0.25) is 0 Å². The molecule has 6 nitrogen and oxygen atoms in total. The van der Waals surface area contributed by atoms with Crippen LogP contribution in [0, 0.1) is 22.7 Å². The fourth-order valence-corrected chi connectivity index (χ4v) is 7.48. The highest BCUT2D eigenvalue weighted by molar-refractivity contribution is 5.94. The van der Waals surface area contributed by atoms with Crippen molar-refractivity contribution >= 4 is 47.6 Å². The molecule has 5 rings (SSSR count). The summed E-state index contributed by atoms with van der Waals surface area (Å²) in [4.78, 5) is 0. The summed E-state index contributed by atoms with van der Waals surface area (Å²) >= 11 is 0. The number of benzene rings is 5. The lowest BCUT2D eigenvalue weighted by molar-refractivity contribution is 0.295. The molecule has 5 aromatic carbocycles. The van der Waals surface area contributed by atoms with Crippen molar-refractivity contribution in [3.8, 4) is 35.1 Å². The van der Waals surface area contributed by atoms with Crippen LogP contribution in [0.3, 0.4) is 0 Å². The van der Waals surface area contributed by atoms with Gasteiger partial charge in [-0.05, 0) is 109 Å². The number of nitrogens with zero attached hydrogens (tertiary/aromatic N) is 2. The molecule has 66 heavy (non-hydrogen) atoms. The van der Waals surface area contributed by atoms with Gasteiger partial charge >= 0.3 is 0 Å². The molecule has 0 aliphatic carbocycles. The normalized spacial score (nSPS) is 11.7. The van der Waals surface area contributed by atoms with Gasteiger partial charge in [0.15, 0.2) is 0 Å². The number of nitriles is 2. The van der Waals surface area contributed by atoms with E-state index >= 15 is 0 Å². The van der Waals surface area contributed by atoms with Crippen LogP contribution in [0.5, 0.6) is 23.0 Å². The molecule has 0 aliphatic rings. The lowest BCUT2D eigenvalue weighted by Gasteiger charge is -2.16. The van der Waals surface area contributed by atoms with Crippen molar-refractivity contribution in [3.05, 3.63) is 154 Å². The maximum atomic E-state index is 10.6. The topological polar surface area (TPSA) is 84.5 Å². The van der Waals surface area contributed by atoms with Crippen LogP contribution in [0.1, 0.15) is 149 Å². The molecular weight excluding hydrogens is 813 g/mol. The summed E-state index contributed by atoms with van der Waals surface area (Å²) in [5.41, 5.74) is 8.36. The largest absolute Gasteiger partial charge is 0.494 e. The van der Waals surface area contributed by atoms with E-state index in [4.69, 9.17) is 18.9 Å². The molecule has 0 saturated carbocycles. The van der Waals surface area contributed by atoms with Gasteiger partial charge in [-0.1, -0.05) is 175 Å². The monoisotopic (exact) mass is 881 g/mol. The summed E-state index contributed by atoms with van der Waals surface area (Å²) in [6.07, 6.45) is 25.8. The van der Waals surface area contributed by atoms with Crippen LogP contribution in [-0.2, 0) is 0 Å². The summed E-state index contributed by atoms with van der Waals surface area (Å²) in [7, 11) is 0. The van der Waals surface area contributed by atoms with E-state index < -0.39 is 0 Å². The van der Waals surface area contributed by atoms with Crippen molar-refractivity contribution in [2.24, 2.45) is 0 Å². The average Bonchev–Trinajstić information content (AvgIpc) is 3.35. The Bertz CT molecular complexity index is 2240. The van der Waals surface area contributed by atoms with Crippen molar-refractivity contribution in [2.45, 2.75) is 105 Å². The van der Waals surface area contributed by atoms with Crippen LogP contribution in [-0.4, -0.2) is 26.4 Å². The summed E-state index contributed by atoms with van der Waals surface area (Å²) in [6.45, 7) is 10.8. The predicted molar refractivity (Wildman–Crippen MR) is 277 cm³/mol. The number of hydrogen-bond acceptors (Lipinski definition) is 6. The molecule has 5 aromatic rings. The third-order valence-corrected chi connectivity index (χ3v) is 11.3. The van der Waals surface area contributed by atoms with Crippen molar-refractivity contribution < 1.29 is 18.9 Å². The minimum atomic E-state index is 0.515. The Kier molecular flexibility index (Phi) is 22.0. The van der Waals surface area contributed by atoms with Gasteiger partial charge in [-0.3, -0.25) is 0 Å². The fourth-order valence-electron chi connectivity index (χ4n) is 7.48. The van der Waals surface area contributed by atoms with Crippen molar-refractivity contribution in [1.82, 2.24) is 0 Å². The van der Waals surface area contributed by atoms with Gasteiger partial charge in [0, 0.05) is 11.1 Å². The zero-order valence-corrected chi connectivity index (χ0v) is 39.7. The van der Waals surface area contributed by atoms with Crippen molar-refractivity contribution in [1.29, 1.82) is 10.5 Å². The Morgan fingerprint density at radius 2 is 0.727 bits per heavy atom. The van der Waals surface area contributed by atoms with Crippen LogP contribution in [0.4, 0.5) is 0 Å². The van der Waals surface area contributed by atoms with E-state index in [9.17, 15) is 10.5 Å². The van der Waals surface area contributed by atoms with E-state index in [1.165, 1.54) is 51.4 Å². The molecule has 0 radical (unpaired) electrons. The minimum Gasteiger partial charge on any atom is -0.494 e. The van der Waals surface area contributed by atoms with Gasteiger partial charge in [-0.25, -0.2) is 0 Å². The Labute approximate surface area is 395 Å².